The molecule has 1 N–H and O–H groups in total. The Balaban J connectivity index is 1.84. The van der Waals surface area contributed by atoms with Crippen LogP contribution in [-0.2, 0) is 10.9 Å². The molecule has 1 unspecified atom stereocenters. The van der Waals surface area contributed by atoms with Crippen LogP contribution in [0.5, 0.6) is 0 Å². The minimum atomic E-state index is -4.65. The van der Waals surface area contributed by atoms with Crippen LogP contribution in [0.1, 0.15) is 29.9 Å². The number of carbonyl (C=O) groups is 1. The first-order valence-electron chi connectivity index (χ1n) is 11.9. The Morgan fingerprint density at radius 3 is 2.42 bits per heavy atom. The van der Waals surface area contributed by atoms with Crippen LogP contribution in [0.2, 0.25) is 0 Å². The van der Waals surface area contributed by atoms with E-state index in [0.717, 1.165) is 11.6 Å². The Bertz CT molecular complexity index is 1520. The van der Waals surface area contributed by atoms with Crippen LogP contribution in [0.25, 0.3) is 16.6 Å². The number of carbonyl (C=O) groups excluding carboxylic acids is 1. The number of aromatic nitrogens is 2. The summed E-state index contributed by atoms with van der Waals surface area (Å²) < 4.78 is 47.3. The third-order valence-corrected chi connectivity index (χ3v) is 6.27. The number of aryl methyl sites for hydroxylation is 1. The molecule has 7 nitrogen and oxygen atoms in total. The van der Waals surface area contributed by atoms with Crippen LogP contribution in [0, 0.1) is 6.92 Å². The summed E-state index contributed by atoms with van der Waals surface area (Å²) >= 11 is 0. The summed E-state index contributed by atoms with van der Waals surface area (Å²) in [6.07, 6.45) is -4.65. The zero-order valence-electron chi connectivity index (χ0n) is 21.1. The van der Waals surface area contributed by atoms with E-state index in [1.807, 2.05) is 19.1 Å². The summed E-state index contributed by atoms with van der Waals surface area (Å²) in [6.45, 7) is 3.68. The first-order chi connectivity index (χ1) is 18.1. The second kappa shape index (κ2) is 11.1. The van der Waals surface area contributed by atoms with Crippen LogP contribution in [0.4, 0.5) is 23.7 Å². The number of rotatable bonds is 7. The molecule has 0 radical (unpaired) electrons. The number of methoxy groups -OCH3 is 1. The van der Waals surface area contributed by atoms with Gasteiger partial charge in [-0.25, -0.2) is 9.78 Å². The third-order valence-electron chi connectivity index (χ3n) is 6.27. The van der Waals surface area contributed by atoms with Crippen molar-refractivity contribution in [3.8, 4) is 5.69 Å². The van der Waals surface area contributed by atoms with Crippen molar-refractivity contribution in [2.24, 2.45) is 0 Å². The van der Waals surface area contributed by atoms with Crippen molar-refractivity contribution in [1.82, 2.24) is 14.5 Å². The quantitative estimate of drug-likeness (QED) is 0.324. The van der Waals surface area contributed by atoms with Gasteiger partial charge in [-0.1, -0.05) is 42.5 Å². The molecule has 10 heteroatoms. The van der Waals surface area contributed by atoms with Gasteiger partial charge in [0, 0.05) is 13.7 Å². The van der Waals surface area contributed by atoms with Crippen LogP contribution < -0.4 is 10.9 Å². The molecule has 0 aliphatic rings. The van der Waals surface area contributed by atoms with Crippen LogP contribution in [0.3, 0.4) is 0 Å². The number of anilines is 1. The fraction of sp³-hybridized carbons (Fsp3) is 0.250. The van der Waals surface area contributed by atoms with Crippen molar-refractivity contribution in [1.29, 1.82) is 0 Å². The van der Waals surface area contributed by atoms with Crippen molar-refractivity contribution in [3.05, 3.63) is 100 Å². The SMILES string of the molecule is COCCN(C(=O)Nc1ccccc1C(F)(F)F)C(C)c1nc2ccccc2c(=O)n1-c1ccccc1C. The van der Waals surface area contributed by atoms with Crippen LogP contribution in [-0.4, -0.2) is 40.7 Å². The Hall–Kier alpha value is -4.18. The lowest BCUT2D eigenvalue weighted by Gasteiger charge is -2.31. The number of urea groups is 1. The number of alkyl halides is 3. The van der Waals surface area contributed by atoms with Gasteiger partial charge in [0.15, 0.2) is 0 Å². The van der Waals surface area contributed by atoms with Gasteiger partial charge in [0.25, 0.3) is 5.56 Å². The van der Waals surface area contributed by atoms with E-state index < -0.39 is 23.8 Å². The molecule has 0 aliphatic heterocycles. The van der Waals surface area contributed by atoms with Gasteiger partial charge in [-0.3, -0.25) is 9.36 Å². The van der Waals surface area contributed by atoms with E-state index in [0.29, 0.717) is 16.6 Å². The molecule has 4 rings (SSSR count). The average molecular weight is 525 g/mol. The lowest BCUT2D eigenvalue weighted by Crippen LogP contribution is -2.42. The van der Waals surface area contributed by atoms with E-state index in [1.54, 1.807) is 43.3 Å². The normalized spacial score (nSPS) is 12.4. The molecular weight excluding hydrogens is 497 g/mol. The minimum absolute atomic E-state index is 0.0359. The summed E-state index contributed by atoms with van der Waals surface area (Å²) in [6, 6.07) is 17.3. The molecule has 0 aliphatic carbocycles. The van der Waals surface area contributed by atoms with Gasteiger partial charge in [0.05, 0.1) is 40.5 Å². The number of nitrogens with zero attached hydrogens (tertiary/aromatic N) is 3. The maximum atomic E-state index is 13.7. The van der Waals surface area contributed by atoms with Gasteiger partial charge in [-0.05, 0) is 49.7 Å². The standard InChI is InChI=1S/C28H27F3N4O3/c1-18-10-4-9-15-24(18)35-25(32-22-13-7-5-11-20(22)26(35)36)19(2)34(16-17-38-3)27(37)33-23-14-8-6-12-21(23)28(29,30)31/h4-15,19H,16-17H2,1-3H3,(H,33,37). The highest BCUT2D eigenvalue weighted by molar-refractivity contribution is 5.90. The van der Waals surface area contributed by atoms with Crippen molar-refractivity contribution in [2.75, 3.05) is 25.6 Å². The van der Waals surface area contributed by atoms with Gasteiger partial charge in [-0.2, -0.15) is 13.2 Å². The highest BCUT2D eigenvalue weighted by Gasteiger charge is 2.35. The topological polar surface area (TPSA) is 76.5 Å². The molecule has 2 amide bonds. The van der Waals surface area contributed by atoms with Crippen molar-refractivity contribution in [2.45, 2.75) is 26.1 Å². The molecule has 0 saturated carbocycles. The number of fused-ring (bicyclic) bond motifs is 1. The van der Waals surface area contributed by atoms with Crippen LogP contribution >= 0.6 is 0 Å². The van der Waals surface area contributed by atoms with Crippen molar-refractivity contribution < 1.29 is 22.7 Å². The highest BCUT2D eigenvalue weighted by Crippen LogP contribution is 2.35. The smallest absolute Gasteiger partial charge is 0.383 e. The minimum Gasteiger partial charge on any atom is -0.383 e. The van der Waals surface area contributed by atoms with Gasteiger partial charge in [0.2, 0.25) is 0 Å². The zero-order valence-corrected chi connectivity index (χ0v) is 21.1. The van der Waals surface area contributed by atoms with E-state index in [2.05, 4.69) is 5.32 Å². The lowest BCUT2D eigenvalue weighted by atomic mass is 10.1. The molecule has 1 heterocycles. The van der Waals surface area contributed by atoms with Crippen molar-refractivity contribution >= 4 is 22.6 Å². The van der Waals surface area contributed by atoms with E-state index in [-0.39, 0.29) is 30.2 Å². The largest absolute Gasteiger partial charge is 0.418 e. The van der Waals surface area contributed by atoms with E-state index in [4.69, 9.17) is 9.72 Å². The molecule has 4 aromatic rings. The predicted octanol–water partition coefficient (Wildman–Crippen LogP) is 5.95. The molecule has 1 atom stereocenters. The maximum Gasteiger partial charge on any atom is 0.418 e. The fourth-order valence-electron chi connectivity index (χ4n) is 4.30. The van der Waals surface area contributed by atoms with Gasteiger partial charge in [-0.15, -0.1) is 0 Å². The molecule has 0 bridgehead atoms. The number of halogens is 3. The average Bonchev–Trinajstić information content (AvgIpc) is 2.89. The maximum absolute atomic E-state index is 13.7. The molecule has 0 saturated heterocycles. The third kappa shape index (κ3) is 5.40. The van der Waals surface area contributed by atoms with Gasteiger partial charge in [0.1, 0.15) is 5.82 Å². The molecule has 38 heavy (non-hydrogen) atoms. The molecule has 1 aromatic heterocycles. The van der Waals surface area contributed by atoms with E-state index >= 15 is 0 Å². The number of hydrogen-bond acceptors (Lipinski definition) is 4. The number of hydrogen-bond donors (Lipinski definition) is 1. The van der Waals surface area contributed by atoms with Gasteiger partial charge >= 0.3 is 12.2 Å². The lowest BCUT2D eigenvalue weighted by molar-refractivity contribution is -0.136. The molecule has 198 valence electrons. The zero-order chi connectivity index (χ0) is 27.4. The second-order valence-electron chi connectivity index (χ2n) is 8.75. The predicted molar refractivity (Wildman–Crippen MR) is 140 cm³/mol. The first-order valence-corrected chi connectivity index (χ1v) is 11.9. The Labute approximate surface area is 217 Å². The number of para-hydroxylation sites is 3. The van der Waals surface area contributed by atoms with Gasteiger partial charge < -0.3 is 15.0 Å². The van der Waals surface area contributed by atoms with Crippen LogP contribution in [0.15, 0.2) is 77.6 Å². The number of ether oxygens (including phenoxy) is 1. The number of nitrogens with one attached hydrogen (secondary N) is 1. The fourth-order valence-corrected chi connectivity index (χ4v) is 4.30. The molecule has 3 aromatic carbocycles. The summed E-state index contributed by atoms with van der Waals surface area (Å²) in [7, 11) is 1.46. The first kappa shape index (κ1) is 26.9. The Kier molecular flexibility index (Phi) is 7.82. The summed E-state index contributed by atoms with van der Waals surface area (Å²) in [5.74, 6) is 0.262. The Morgan fingerprint density at radius 1 is 1.05 bits per heavy atom. The number of amides is 2. The Morgan fingerprint density at radius 2 is 1.71 bits per heavy atom. The summed E-state index contributed by atoms with van der Waals surface area (Å²) in [4.78, 5) is 33.2. The molecular formula is C28H27F3N4O3. The molecule has 0 spiro atoms. The van der Waals surface area contributed by atoms with E-state index in [9.17, 15) is 22.8 Å². The molecule has 0 fully saturated rings. The summed E-state index contributed by atoms with van der Waals surface area (Å²) in [5, 5.41) is 2.80. The monoisotopic (exact) mass is 524 g/mol. The summed E-state index contributed by atoms with van der Waals surface area (Å²) in [5.41, 5.74) is 0.190. The van der Waals surface area contributed by atoms with E-state index in [1.165, 1.54) is 34.8 Å². The number of benzene rings is 3. The highest BCUT2D eigenvalue weighted by atomic mass is 19.4. The second-order valence-corrected chi connectivity index (χ2v) is 8.75. The van der Waals surface area contributed by atoms with Crippen molar-refractivity contribution in [3.63, 3.8) is 0 Å².